The van der Waals surface area contributed by atoms with Crippen molar-refractivity contribution in [2.24, 2.45) is 10.1 Å². The lowest BCUT2D eigenvalue weighted by Crippen LogP contribution is -2.11. The molecule has 0 bridgehead atoms. The second-order valence-electron chi connectivity index (χ2n) is 4.82. The molecule has 0 fully saturated rings. The Kier molecular flexibility index (Phi) is 5.10. The van der Waals surface area contributed by atoms with E-state index in [-0.39, 0.29) is 0 Å². The van der Waals surface area contributed by atoms with Gasteiger partial charge in [-0.2, -0.15) is 5.10 Å². The van der Waals surface area contributed by atoms with E-state index in [2.05, 4.69) is 58.1 Å². The molecule has 3 aromatic rings. The number of rotatable bonds is 4. The van der Waals surface area contributed by atoms with Crippen molar-refractivity contribution in [2.45, 2.75) is 4.90 Å². The summed E-state index contributed by atoms with van der Waals surface area (Å²) in [5.74, 6) is 0. The first-order chi connectivity index (χ1) is 11.3. The topological polar surface area (TPSA) is 29.6 Å². The SMILES string of the molecule is CN=c1scc(-c2ccccc2)n1N=Cc1ccc(SC)cc1. The van der Waals surface area contributed by atoms with Crippen LogP contribution in [-0.2, 0) is 0 Å². The largest absolute Gasteiger partial charge is 0.261 e. The summed E-state index contributed by atoms with van der Waals surface area (Å²) in [4.78, 5) is 6.45. The van der Waals surface area contributed by atoms with Crippen LogP contribution in [0.15, 0.2) is 75.0 Å². The molecule has 3 nitrogen and oxygen atoms in total. The van der Waals surface area contributed by atoms with Crippen LogP contribution < -0.4 is 4.80 Å². The number of thioether (sulfide) groups is 1. The van der Waals surface area contributed by atoms with Crippen molar-refractivity contribution in [3.63, 3.8) is 0 Å². The van der Waals surface area contributed by atoms with Gasteiger partial charge in [-0.25, -0.2) is 4.68 Å². The standard InChI is InChI=1S/C18H17N3S2/c1-19-18-21(17(13-23-18)15-6-4-3-5-7-15)20-12-14-8-10-16(22-2)11-9-14/h3-13H,1-2H3. The van der Waals surface area contributed by atoms with Crippen molar-refractivity contribution < 1.29 is 0 Å². The highest BCUT2D eigenvalue weighted by molar-refractivity contribution is 7.98. The molecule has 0 spiro atoms. The van der Waals surface area contributed by atoms with E-state index >= 15 is 0 Å². The van der Waals surface area contributed by atoms with Crippen LogP contribution >= 0.6 is 23.1 Å². The van der Waals surface area contributed by atoms with Crippen LogP contribution in [0.3, 0.4) is 0 Å². The number of aromatic nitrogens is 1. The lowest BCUT2D eigenvalue weighted by Gasteiger charge is -2.03. The molecule has 5 heteroatoms. The first-order valence-corrected chi connectivity index (χ1v) is 9.29. The van der Waals surface area contributed by atoms with Gasteiger partial charge in [0.2, 0.25) is 4.80 Å². The molecule has 116 valence electrons. The molecule has 0 aliphatic carbocycles. The highest BCUT2D eigenvalue weighted by atomic mass is 32.2. The molecule has 3 rings (SSSR count). The van der Waals surface area contributed by atoms with E-state index in [9.17, 15) is 0 Å². The monoisotopic (exact) mass is 339 g/mol. The Morgan fingerprint density at radius 2 is 1.78 bits per heavy atom. The number of hydrogen-bond donors (Lipinski definition) is 0. The molecular formula is C18H17N3S2. The van der Waals surface area contributed by atoms with Gasteiger partial charge in [-0.1, -0.05) is 42.5 Å². The molecule has 0 amide bonds. The smallest absolute Gasteiger partial charge is 0.205 e. The highest BCUT2D eigenvalue weighted by Crippen LogP contribution is 2.19. The maximum atomic E-state index is 4.64. The van der Waals surface area contributed by atoms with Crippen molar-refractivity contribution in [3.05, 3.63) is 70.3 Å². The van der Waals surface area contributed by atoms with Gasteiger partial charge in [-0.15, -0.1) is 23.1 Å². The van der Waals surface area contributed by atoms with Crippen LogP contribution in [0.1, 0.15) is 5.56 Å². The number of nitrogens with zero attached hydrogens (tertiary/aromatic N) is 3. The predicted molar refractivity (Wildman–Crippen MR) is 100 cm³/mol. The Balaban J connectivity index is 1.98. The summed E-state index contributed by atoms with van der Waals surface area (Å²) in [6, 6.07) is 18.6. The first-order valence-electron chi connectivity index (χ1n) is 7.19. The highest BCUT2D eigenvalue weighted by Gasteiger charge is 2.06. The van der Waals surface area contributed by atoms with Crippen LogP contribution in [0.25, 0.3) is 11.3 Å². The average molecular weight is 339 g/mol. The van der Waals surface area contributed by atoms with Crippen LogP contribution in [0.2, 0.25) is 0 Å². The van der Waals surface area contributed by atoms with Gasteiger partial charge < -0.3 is 0 Å². The normalized spacial score (nSPS) is 12.2. The van der Waals surface area contributed by atoms with E-state index in [0.29, 0.717) is 0 Å². The van der Waals surface area contributed by atoms with Gasteiger partial charge in [0, 0.05) is 22.9 Å². The Hall–Kier alpha value is -2.11. The zero-order valence-electron chi connectivity index (χ0n) is 13.0. The lowest BCUT2D eigenvalue weighted by atomic mass is 10.2. The lowest BCUT2D eigenvalue weighted by molar-refractivity contribution is 0.848. The predicted octanol–water partition coefficient (Wildman–Crippen LogP) is 4.35. The van der Waals surface area contributed by atoms with Gasteiger partial charge in [0.25, 0.3) is 0 Å². The molecule has 0 aliphatic heterocycles. The number of benzene rings is 2. The first kappa shape index (κ1) is 15.8. The molecule has 0 aliphatic rings. The summed E-state index contributed by atoms with van der Waals surface area (Å²) in [6.07, 6.45) is 3.95. The zero-order chi connectivity index (χ0) is 16.1. The fraction of sp³-hybridized carbons (Fsp3) is 0.111. The van der Waals surface area contributed by atoms with Crippen LogP contribution in [0, 0.1) is 0 Å². The Morgan fingerprint density at radius 3 is 2.43 bits per heavy atom. The van der Waals surface area contributed by atoms with Crippen LogP contribution in [0.4, 0.5) is 0 Å². The Bertz CT molecular complexity index is 859. The minimum absolute atomic E-state index is 0.876. The maximum absolute atomic E-state index is 4.64. The van der Waals surface area contributed by atoms with Crippen molar-refractivity contribution in [3.8, 4) is 11.3 Å². The van der Waals surface area contributed by atoms with Gasteiger partial charge in [-0.3, -0.25) is 4.99 Å². The summed E-state index contributed by atoms with van der Waals surface area (Å²) < 4.78 is 1.89. The van der Waals surface area contributed by atoms with Gasteiger partial charge >= 0.3 is 0 Å². The molecule has 0 saturated heterocycles. The molecular weight excluding hydrogens is 322 g/mol. The molecule has 1 aromatic heterocycles. The van der Waals surface area contributed by atoms with E-state index in [1.165, 1.54) is 4.90 Å². The quantitative estimate of drug-likeness (QED) is 0.513. The summed E-state index contributed by atoms with van der Waals surface area (Å²) >= 11 is 3.33. The number of thiazole rings is 1. The molecule has 0 saturated carbocycles. The molecule has 23 heavy (non-hydrogen) atoms. The van der Waals surface area contributed by atoms with E-state index in [0.717, 1.165) is 21.6 Å². The van der Waals surface area contributed by atoms with Gasteiger partial charge in [0.15, 0.2) is 0 Å². The van der Waals surface area contributed by atoms with Crippen molar-refractivity contribution in [2.75, 3.05) is 13.3 Å². The van der Waals surface area contributed by atoms with Gasteiger partial charge in [0.1, 0.15) is 0 Å². The third-order valence-electron chi connectivity index (χ3n) is 3.38. The van der Waals surface area contributed by atoms with E-state index < -0.39 is 0 Å². The fourth-order valence-electron chi connectivity index (χ4n) is 2.18. The second kappa shape index (κ2) is 7.44. The van der Waals surface area contributed by atoms with E-state index in [1.807, 2.05) is 29.1 Å². The molecule has 1 heterocycles. The fourth-order valence-corrected chi connectivity index (χ4v) is 3.40. The average Bonchev–Trinajstić information content (AvgIpc) is 3.04. The third-order valence-corrected chi connectivity index (χ3v) is 5.04. The summed E-state index contributed by atoms with van der Waals surface area (Å²) in [7, 11) is 1.79. The Morgan fingerprint density at radius 1 is 1.04 bits per heavy atom. The second-order valence-corrected chi connectivity index (χ2v) is 6.54. The Labute approximate surface area is 144 Å². The van der Waals surface area contributed by atoms with Gasteiger partial charge in [-0.05, 0) is 24.0 Å². The zero-order valence-corrected chi connectivity index (χ0v) is 14.6. The summed E-state index contributed by atoms with van der Waals surface area (Å²) in [5.41, 5.74) is 3.25. The molecule has 2 aromatic carbocycles. The van der Waals surface area contributed by atoms with E-state index in [1.54, 1.807) is 30.1 Å². The van der Waals surface area contributed by atoms with Crippen LogP contribution in [0.5, 0.6) is 0 Å². The van der Waals surface area contributed by atoms with Crippen molar-refractivity contribution in [1.29, 1.82) is 0 Å². The van der Waals surface area contributed by atoms with Crippen molar-refractivity contribution in [1.82, 2.24) is 4.68 Å². The minimum atomic E-state index is 0.876. The minimum Gasteiger partial charge on any atom is -0.261 e. The molecule has 0 atom stereocenters. The molecule has 0 N–H and O–H groups in total. The van der Waals surface area contributed by atoms with Crippen LogP contribution in [-0.4, -0.2) is 24.2 Å². The molecule has 0 radical (unpaired) electrons. The van der Waals surface area contributed by atoms with Gasteiger partial charge in [0.05, 0.1) is 11.9 Å². The van der Waals surface area contributed by atoms with Crippen molar-refractivity contribution >= 4 is 29.3 Å². The molecule has 0 unspecified atom stereocenters. The summed E-state index contributed by atoms with van der Waals surface area (Å²) in [6.45, 7) is 0. The number of hydrogen-bond acceptors (Lipinski definition) is 4. The maximum Gasteiger partial charge on any atom is 0.205 e. The van der Waals surface area contributed by atoms with E-state index in [4.69, 9.17) is 0 Å². The summed E-state index contributed by atoms with van der Waals surface area (Å²) in [5, 5.41) is 6.73. The third kappa shape index (κ3) is 3.63.